The van der Waals surface area contributed by atoms with E-state index in [4.69, 9.17) is 4.74 Å². The molecule has 2 aliphatic heterocycles. The third kappa shape index (κ3) is 3.89. The lowest BCUT2D eigenvalue weighted by molar-refractivity contribution is -0.131. The van der Waals surface area contributed by atoms with Gasteiger partial charge in [-0.15, -0.1) is 0 Å². The average Bonchev–Trinajstić information content (AvgIpc) is 3.10. The lowest BCUT2D eigenvalue weighted by Gasteiger charge is -2.28. The summed E-state index contributed by atoms with van der Waals surface area (Å²) < 4.78 is 5.09. The molecule has 0 aliphatic carbocycles. The molecule has 2 aliphatic rings. The Hall–Kier alpha value is -1.43. The van der Waals surface area contributed by atoms with E-state index in [0.29, 0.717) is 31.0 Å². The topological polar surface area (TPSA) is 36.0 Å². The summed E-state index contributed by atoms with van der Waals surface area (Å²) >= 11 is 0. The number of rotatable bonds is 6. The minimum Gasteiger partial charge on any atom is -0.383 e. The van der Waals surface area contributed by atoms with E-state index in [0.717, 1.165) is 26.2 Å². The summed E-state index contributed by atoms with van der Waals surface area (Å²) in [6.07, 6.45) is 0. The molecule has 25 heavy (non-hydrogen) atoms. The maximum Gasteiger partial charge on any atom is 0.236 e. The third-order valence-electron chi connectivity index (χ3n) is 5.84. The van der Waals surface area contributed by atoms with Crippen molar-refractivity contribution in [1.29, 1.82) is 0 Å². The molecule has 0 saturated carbocycles. The molecular formula is C20H31N3O2. The van der Waals surface area contributed by atoms with Crippen molar-refractivity contribution in [3.8, 4) is 0 Å². The van der Waals surface area contributed by atoms with E-state index in [-0.39, 0.29) is 5.91 Å². The molecule has 0 radical (unpaired) electrons. The van der Waals surface area contributed by atoms with Crippen LogP contribution in [0, 0.1) is 18.8 Å². The van der Waals surface area contributed by atoms with Crippen molar-refractivity contribution in [2.75, 3.05) is 60.5 Å². The summed E-state index contributed by atoms with van der Waals surface area (Å²) in [5.74, 6) is 1.38. The number of benzene rings is 1. The molecule has 138 valence electrons. The van der Waals surface area contributed by atoms with E-state index >= 15 is 0 Å². The average molecular weight is 345 g/mol. The maximum atomic E-state index is 12.7. The van der Waals surface area contributed by atoms with Crippen molar-refractivity contribution in [2.45, 2.75) is 13.0 Å². The number of amides is 1. The molecule has 2 fully saturated rings. The molecule has 1 aromatic carbocycles. The van der Waals surface area contributed by atoms with Gasteiger partial charge < -0.3 is 9.64 Å². The molecule has 2 saturated heterocycles. The Balaban J connectivity index is 1.65. The van der Waals surface area contributed by atoms with Gasteiger partial charge in [-0.1, -0.05) is 24.3 Å². The normalized spacial score (nSPS) is 26.4. The number of carbonyl (C=O) groups is 1. The first-order valence-corrected chi connectivity index (χ1v) is 9.22. The Labute approximate surface area is 151 Å². The highest BCUT2D eigenvalue weighted by Crippen LogP contribution is 2.44. The van der Waals surface area contributed by atoms with Gasteiger partial charge in [0.1, 0.15) is 0 Å². The number of carbonyl (C=O) groups excluding carboxylic acids is 1. The van der Waals surface area contributed by atoms with E-state index < -0.39 is 0 Å². The Morgan fingerprint density at radius 1 is 1.28 bits per heavy atom. The lowest BCUT2D eigenvalue weighted by atomic mass is 9.88. The lowest BCUT2D eigenvalue weighted by Crippen LogP contribution is -2.40. The summed E-state index contributed by atoms with van der Waals surface area (Å²) in [7, 11) is 5.90. The van der Waals surface area contributed by atoms with Gasteiger partial charge in [0, 0.05) is 45.2 Å². The van der Waals surface area contributed by atoms with Crippen LogP contribution in [-0.4, -0.2) is 81.1 Å². The van der Waals surface area contributed by atoms with E-state index in [1.807, 2.05) is 11.9 Å². The highest BCUT2D eigenvalue weighted by molar-refractivity contribution is 5.78. The first-order chi connectivity index (χ1) is 12.0. The maximum absolute atomic E-state index is 12.7. The number of likely N-dealkylation sites (N-methyl/N-ethyl adjacent to an activating group) is 1. The third-order valence-corrected chi connectivity index (χ3v) is 5.84. The Kier molecular flexibility index (Phi) is 5.77. The monoisotopic (exact) mass is 345 g/mol. The van der Waals surface area contributed by atoms with Crippen molar-refractivity contribution in [3.05, 3.63) is 35.4 Å². The number of nitrogens with zero attached hydrogens (tertiary/aromatic N) is 3. The molecular weight excluding hydrogens is 314 g/mol. The quantitative estimate of drug-likeness (QED) is 0.785. The van der Waals surface area contributed by atoms with Gasteiger partial charge in [-0.25, -0.2) is 0 Å². The molecule has 0 bridgehead atoms. The van der Waals surface area contributed by atoms with Gasteiger partial charge in [-0.3, -0.25) is 14.6 Å². The minimum atomic E-state index is 0.249. The Morgan fingerprint density at radius 2 is 2.04 bits per heavy atom. The number of likely N-dealkylation sites (tertiary alicyclic amines) is 2. The van der Waals surface area contributed by atoms with Crippen LogP contribution < -0.4 is 0 Å². The zero-order valence-electron chi connectivity index (χ0n) is 15.9. The van der Waals surface area contributed by atoms with Gasteiger partial charge in [-0.2, -0.15) is 0 Å². The summed E-state index contributed by atoms with van der Waals surface area (Å²) in [6, 6.07) is 9.11. The summed E-state index contributed by atoms with van der Waals surface area (Å²) in [5.41, 5.74) is 2.77. The second-order valence-corrected chi connectivity index (χ2v) is 7.69. The van der Waals surface area contributed by atoms with Crippen LogP contribution in [-0.2, 0) is 9.53 Å². The van der Waals surface area contributed by atoms with E-state index in [2.05, 4.69) is 48.0 Å². The number of hydrogen-bond donors (Lipinski definition) is 0. The highest BCUT2D eigenvalue weighted by atomic mass is 16.5. The Bertz CT molecular complexity index is 606. The number of ether oxygens (including phenoxy) is 1. The van der Waals surface area contributed by atoms with Crippen molar-refractivity contribution in [1.82, 2.24) is 14.7 Å². The van der Waals surface area contributed by atoms with E-state index in [9.17, 15) is 4.79 Å². The molecule has 1 amide bonds. The predicted molar refractivity (Wildman–Crippen MR) is 99.5 cm³/mol. The van der Waals surface area contributed by atoms with Crippen LogP contribution in [0.15, 0.2) is 24.3 Å². The molecule has 5 heteroatoms. The van der Waals surface area contributed by atoms with Crippen LogP contribution in [0.4, 0.5) is 0 Å². The van der Waals surface area contributed by atoms with Crippen LogP contribution in [0.25, 0.3) is 0 Å². The summed E-state index contributed by atoms with van der Waals surface area (Å²) in [4.78, 5) is 19.3. The zero-order valence-corrected chi connectivity index (χ0v) is 15.9. The number of hydrogen-bond acceptors (Lipinski definition) is 4. The number of fused-ring (bicyclic) bond motifs is 1. The van der Waals surface area contributed by atoms with Gasteiger partial charge in [0.15, 0.2) is 0 Å². The van der Waals surface area contributed by atoms with Gasteiger partial charge >= 0.3 is 0 Å². The summed E-state index contributed by atoms with van der Waals surface area (Å²) in [6.45, 7) is 6.98. The molecule has 0 aromatic heterocycles. The van der Waals surface area contributed by atoms with Gasteiger partial charge in [-0.05, 0) is 38.1 Å². The molecule has 1 aromatic rings. The van der Waals surface area contributed by atoms with Gasteiger partial charge in [0.25, 0.3) is 0 Å². The highest BCUT2D eigenvalue weighted by Gasteiger charge is 2.47. The van der Waals surface area contributed by atoms with Gasteiger partial charge in [0.05, 0.1) is 13.2 Å². The fourth-order valence-corrected chi connectivity index (χ4v) is 4.51. The summed E-state index contributed by atoms with van der Waals surface area (Å²) in [5, 5.41) is 0. The predicted octanol–water partition coefficient (Wildman–Crippen LogP) is 1.63. The van der Waals surface area contributed by atoms with Crippen molar-refractivity contribution in [3.63, 3.8) is 0 Å². The molecule has 3 atom stereocenters. The zero-order chi connectivity index (χ0) is 18.0. The standard InChI is InChI=1S/C20H31N3O2/c1-15-7-5-6-8-17(15)20-18-13-23(12-16(18)11-22(20)3)19(24)14-21(2)9-10-25-4/h5-8,16,18,20H,9-14H2,1-4H3/t16-,18+,20-/m0/s1. The number of methoxy groups -OCH3 is 1. The minimum absolute atomic E-state index is 0.249. The van der Waals surface area contributed by atoms with Crippen molar-refractivity contribution < 1.29 is 9.53 Å². The SMILES string of the molecule is COCCN(C)CC(=O)N1C[C@@H]2CN(C)[C@@H](c3ccccc3C)[C@@H]2C1. The van der Waals surface area contributed by atoms with E-state index in [1.54, 1.807) is 7.11 Å². The van der Waals surface area contributed by atoms with Crippen LogP contribution in [0.1, 0.15) is 17.2 Å². The second-order valence-electron chi connectivity index (χ2n) is 7.69. The van der Waals surface area contributed by atoms with Crippen LogP contribution >= 0.6 is 0 Å². The fraction of sp³-hybridized carbons (Fsp3) is 0.650. The molecule has 0 spiro atoms. The van der Waals surface area contributed by atoms with E-state index in [1.165, 1.54) is 11.1 Å². The number of aryl methyl sites for hydroxylation is 1. The fourth-order valence-electron chi connectivity index (χ4n) is 4.51. The molecule has 2 heterocycles. The molecule has 0 N–H and O–H groups in total. The first-order valence-electron chi connectivity index (χ1n) is 9.22. The largest absolute Gasteiger partial charge is 0.383 e. The van der Waals surface area contributed by atoms with Crippen LogP contribution in [0.5, 0.6) is 0 Å². The molecule has 3 rings (SSSR count). The molecule has 5 nitrogen and oxygen atoms in total. The van der Waals surface area contributed by atoms with Crippen LogP contribution in [0.2, 0.25) is 0 Å². The second kappa shape index (κ2) is 7.85. The van der Waals surface area contributed by atoms with Crippen molar-refractivity contribution >= 4 is 5.91 Å². The smallest absolute Gasteiger partial charge is 0.236 e. The van der Waals surface area contributed by atoms with Gasteiger partial charge in [0.2, 0.25) is 5.91 Å². The van der Waals surface area contributed by atoms with Crippen molar-refractivity contribution in [2.24, 2.45) is 11.8 Å². The first kappa shape index (κ1) is 18.4. The van der Waals surface area contributed by atoms with Crippen LogP contribution in [0.3, 0.4) is 0 Å². The molecule has 0 unspecified atom stereocenters. The Morgan fingerprint density at radius 3 is 2.76 bits per heavy atom.